The van der Waals surface area contributed by atoms with E-state index in [2.05, 4.69) is 15.2 Å². The molecule has 0 aromatic heterocycles. The maximum absolute atomic E-state index is 11.4. The van der Waals surface area contributed by atoms with E-state index in [1.807, 2.05) is 11.9 Å². The quantitative estimate of drug-likeness (QED) is 0.376. The largest absolute Gasteiger partial charge is 0.381 e. The molecule has 0 radical (unpaired) electrons. The zero-order valence-corrected chi connectivity index (χ0v) is 18.7. The van der Waals surface area contributed by atoms with Gasteiger partial charge in [0.05, 0.1) is 6.61 Å². The van der Waals surface area contributed by atoms with Crippen molar-refractivity contribution in [2.75, 3.05) is 53.0 Å². The number of halogens is 1. The van der Waals surface area contributed by atoms with Gasteiger partial charge < -0.3 is 19.9 Å². The molecule has 0 saturated carbocycles. The lowest BCUT2D eigenvalue weighted by atomic mass is 9.76. The van der Waals surface area contributed by atoms with Crippen molar-refractivity contribution in [2.45, 2.75) is 45.4 Å². The first-order chi connectivity index (χ1) is 12.1. The highest BCUT2D eigenvalue weighted by molar-refractivity contribution is 14.0. The predicted molar refractivity (Wildman–Crippen MR) is 115 cm³/mol. The number of amides is 1. The summed E-state index contributed by atoms with van der Waals surface area (Å²) in [7, 11) is 1.89. The molecule has 1 spiro atoms. The molecule has 3 aliphatic rings. The minimum atomic E-state index is 0. The van der Waals surface area contributed by atoms with Crippen molar-refractivity contribution >= 4 is 35.8 Å². The molecule has 0 aromatic rings. The summed E-state index contributed by atoms with van der Waals surface area (Å²) in [6.07, 6.45) is 7.15. The van der Waals surface area contributed by atoms with Gasteiger partial charge in [0, 0.05) is 58.7 Å². The lowest BCUT2D eigenvalue weighted by molar-refractivity contribution is -0.130. The molecule has 0 bridgehead atoms. The molecule has 0 aliphatic carbocycles. The third-order valence-corrected chi connectivity index (χ3v) is 6.19. The summed E-state index contributed by atoms with van der Waals surface area (Å²) in [4.78, 5) is 20.4. The molecule has 3 saturated heterocycles. The summed E-state index contributed by atoms with van der Waals surface area (Å²) in [6.45, 7) is 8.40. The fourth-order valence-corrected chi connectivity index (χ4v) is 4.64. The molecule has 1 N–H and O–H groups in total. The fourth-order valence-electron chi connectivity index (χ4n) is 4.64. The van der Waals surface area contributed by atoms with E-state index in [1.54, 1.807) is 6.92 Å². The van der Waals surface area contributed by atoms with Crippen LogP contribution in [0, 0.1) is 11.3 Å². The Morgan fingerprint density at radius 1 is 1.19 bits per heavy atom. The van der Waals surface area contributed by atoms with E-state index >= 15 is 0 Å². The third-order valence-electron chi connectivity index (χ3n) is 6.19. The van der Waals surface area contributed by atoms with Gasteiger partial charge in [0.1, 0.15) is 0 Å². The lowest BCUT2D eigenvalue weighted by Crippen LogP contribution is -2.53. The molecule has 26 heavy (non-hydrogen) atoms. The van der Waals surface area contributed by atoms with E-state index in [1.165, 1.54) is 25.7 Å². The van der Waals surface area contributed by atoms with Gasteiger partial charge in [-0.05, 0) is 44.4 Å². The molecule has 1 atom stereocenters. The highest BCUT2D eigenvalue weighted by Crippen LogP contribution is 2.37. The normalized spacial score (nSPS) is 28.0. The maximum Gasteiger partial charge on any atom is 0.219 e. The third kappa shape index (κ3) is 5.47. The summed E-state index contributed by atoms with van der Waals surface area (Å²) in [5.74, 6) is 1.87. The summed E-state index contributed by atoms with van der Waals surface area (Å²) >= 11 is 0. The number of rotatable bonds is 2. The van der Waals surface area contributed by atoms with E-state index < -0.39 is 0 Å². The van der Waals surface area contributed by atoms with E-state index in [9.17, 15) is 4.79 Å². The number of guanidine groups is 1. The molecule has 7 heteroatoms. The molecule has 1 amide bonds. The maximum atomic E-state index is 11.4. The van der Waals surface area contributed by atoms with Crippen LogP contribution in [-0.2, 0) is 9.53 Å². The van der Waals surface area contributed by atoms with Crippen molar-refractivity contribution in [2.24, 2.45) is 16.3 Å². The Bertz CT molecular complexity index is 480. The Morgan fingerprint density at radius 2 is 1.92 bits per heavy atom. The second-order valence-electron chi connectivity index (χ2n) is 8.06. The van der Waals surface area contributed by atoms with Crippen LogP contribution >= 0.6 is 24.0 Å². The van der Waals surface area contributed by atoms with Crippen LogP contribution in [0.25, 0.3) is 0 Å². The van der Waals surface area contributed by atoms with Crippen molar-refractivity contribution < 1.29 is 9.53 Å². The first-order valence-electron chi connectivity index (χ1n) is 9.91. The van der Waals surface area contributed by atoms with Crippen LogP contribution in [0.3, 0.4) is 0 Å². The predicted octanol–water partition coefficient (Wildman–Crippen LogP) is 2.33. The number of carbonyl (C=O) groups excluding carboxylic acids is 1. The van der Waals surface area contributed by atoms with Gasteiger partial charge in [0.15, 0.2) is 5.96 Å². The summed E-state index contributed by atoms with van der Waals surface area (Å²) in [5, 5.41) is 3.61. The fraction of sp³-hybridized carbons (Fsp3) is 0.895. The second kappa shape index (κ2) is 10.1. The van der Waals surface area contributed by atoms with Crippen molar-refractivity contribution in [3.63, 3.8) is 0 Å². The molecule has 3 fully saturated rings. The van der Waals surface area contributed by atoms with Crippen LogP contribution in [0.4, 0.5) is 0 Å². The number of likely N-dealkylation sites (tertiary alicyclic amines) is 2. The van der Waals surface area contributed by atoms with Crippen LogP contribution in [0.2, 0.25) is 0 Å². The first kappa shape index (κ1) is 21.7. The molecular formula is C19H35IN4O2. The summed E-state index contributed by atoms with van der Waals surface area (Å²) in [6, 6.07) is 0. The van der Waals surface area contributed by atoms with Gasteiger partial charge >= 0.3 is 0 Å². The van der Waals surface area contributed by atoms with Gasteiger partial charge in [-0.25, -0.2) is 0 Å². The smallest absolute Gasteiger partial charge is 0.219 e. The number of ether oxygens (including phenoxy) is 1. The number of aliphatic imine (C=N–C) groups is 1. The van der Waals surface area contributed by atoms with Crippen LogP contribution < -0.4 is 5.32 Å². The number of nitrogens with one attached hydrogen (secondary N) is 1. The Morgan fingerprint density at radius 3 is 2.54 bits per heavy atom. The monoisotopic (exact) mass is 478 g/mol. The highest BCUT2D eigenvalue weighted by Gasteiger charge is 2.38. The van der Waals surface area contributed by atoms with E-state index in [4.69, 9.17) is 4.74 Å². The van der Waals surface area contributed by atoms with Gasteiger partial charge in [-0.1, -0.05) is 0 Å². The summed E-state index contributed by atoms with van der Waals surface area (Å²) < 4.78 is 5.79. The van der Waals surface area contributed by atoms with Crippen molar-refractivity contribution in [3.05, 3.63) is 0 Å². The highest BCUT2D eigenvalue weighted by atomic mass is 127. The van der Waals surface area contributed by atoms with Crippen LogP contribution in [0.5, 0.6) is 0 Å². The number of piperidine rings is 2. The van der Waals surface area contributed by atoms with Crippen molar-refractivity contribution in [1.82, 2.24) is 15.1 Å². The standard InChI is InChI=1S/C19H34N4O2.HI/c1-16(24)22-10-5-17(6-11-22)13-21-18(20-2)23-9-3-7-19(14-23)8-4-12-25-15-19;/h17H,3-15H2,1-2H3,(H,20,21);1H. The Labute approximate surface area is 175 Å². The minimum absolute atomic E-state index is 0. The molecule has 6 nitrogen and oxygen atoms in total. The van der Waals surface area contributed by atoms with Crippen LogP contribution in [0.1, 0.15) is 45.4 Å². The number of hydrogen-bond acceptors (Lipinski definition) is 3. The molecule has 1 unspecified atom stereocenters. The lowest BCUT2D eigenvalue weighted by Gasteiger charge is -2.46. The molecule has 3 heterocycles. The summed E-state index contributed by atoms with van der Waals surface area (Å²) in [5.41, 5.74) is 0.334. The van der Waals surface area contributed by atoms with Crippen molar-refractivity contribution in [1.29, 1.82) is 0 Å². The Hall–Kier alpha value is -0.570. The van der Waals surface area contributed by atoms with Crippen molar-refractivity contribution in [3.8, 4) is 0 Å². The Kier molecular flexibility index (Phi) is 8.44. The first-order valence-corrected chi connectivity index (χ1v) is 9.91. The second-order valence-corrected chi connectivity index (χ2v) is 8.06. The molecule has 3 rings (SSSR count). The molecule has 3 aliphatic heterocycles. The number of nitrogens with zero attached hydrogens (tertiary/aromatic N) is 3. The van der Waals surface area contributed by atoms with Crippen LogP contribution in [-0.4, -0.2) is 74.7 Å². The van der Waals surface area contributed by atoms with Gasteiger partial charge in [-0.2, -0.15) is 0 Å². The minimum Gasteiger partial charge on any atom is -0.381 e. The molecular weight excluding hydrogens is 443 g/mol. The average molecular weight is 478 g/mol. The van der Waals surface area contributed by atoms with Gasteiger partial charge in [-0.15, -0.1) is 24.0 Å². The Balaban J connectivity index is 0.00000243. The number of carbonyl (C=O) groups is 1. The average Bonchev–Trinajstić information content (AvgIpc) is 2.63. The van der Waals surface area contributed by atoms with E-state index in [-0.39, 0.29) is 29.9 Å². The molecule has 0 aromatic carbocycles. The van der Waals surface area contributed by atoms with Gasteiger partial charge in [0.25, 0.3) is 0 Å². The molecule has 150 valence electrons. The zero-order chi connectivity index (χ0) is 17.7. The number of hydrogen-bond donors (Lipinski definition) is 1. The van der Waals surface area contributed by atoms with E-state index in [0.29, 0.717) is 11.3 Å². The van der Waals surface area contributed by atoms with E-state index in [0.717, 1.165) is 64.7 Å². The zero-order valence-electron chi connectivity index (χ0n) is 16.3. The topological polar surface area (TPSA) is 57.2 Å². The van der Waals surface area contributed by atoms with Crippen LogP contribution in [0.15, 0.2) is 4.99 Å². The van der Waals surface area contributed by atoms with Gasteiger partial charge in [0.2, 0.25) is 5.91 Å². The van der Waals surface area contributed by atoms with Gasteiger partial charge in [-0.3, -0.25) is 9.79 Å². The SMILES string of the molecule is CN=C(NCC1CCN(C(C)=O)CC1)N1CCCC2(CCCOC2)C1.I.